The molecule has 4 nitrogen and oxygen atoms in total. The highest BCUT2D eigenvalue weighted by Gasteiger charge is 2.09. The Kier molecular flexibility index (Phi) is 4.76. The van der Waals surface area contributed by atoms with Crippen LogP contribution in [0.25, 0.3) is 0 Å². The van der Waals surface area contributed by atoms with Crippen LogP contribution < -0.4 is 4.74 Å². The molecule has 0 radical (unpaired) electrons. The zero-order valence-corrected chi connectivity index (χ0v) is 10.4. The molecule has 0 aliphatic heterocycles. The van der Waals surface area contributed by atoms with Gasteiger partial charge in [-0.1, -0.05) is 6.92 Å². The van der Waals surface area contributed by atoms with Crippen molar-refractivity contribution in [2.24, 2.45) is 5.92 Å². The molecule has 0 heterocycles. The molecule has 1 rings (SSSR count). The monoisotopic (exact) mass is 288 g/mol. The highest BCUT2D eigenvalue weighted by molar-refractivity contribution is 9.10. The second-order valence-electron chi connectivity index (χ2n) is 3.55. The molecule has 88 valence electrons. The van der Waals surface area contributed by atoms with Crippen molar-refractivity contribution < 1.29 is 19.7 Å². The number of halogens is 1. The standard InChI is InChI=1S/C11H13BrO4/c1-7(5-13)6-16-10-4-8(11(14)15)2-3-9(10)12/h2-4,7,13H,5-6H2,1H3,(H,14,15). The van der Waals surface area contributed by atoms with Crippen LogP contribution >= 0.6 is 15.9 Å². The normalized spacial score (nSPS) is 12.2. The third-order valence-electron chi connectivity index (χ3n) is 2.01. The largest absolute Gasteiger partial charge is 0.492 e. The molecule has 1 atom stereocenters. The first-order valence-electron chi connectivity index (χ1n) is 4.81. The second-order valence-corrected chi connectivity index (χ2v) is 4.40. The van der Waals surface area contributed by atoms with Crippen LogP contribution in [0.4, 0.5) is 0 Å². The van der Waals surface area contributed by atoms with E-state index in [4.69, 9.17) is 14.9 Å². The molecule has 0 bridgehead atoms. The minimum absolute atomic E-state index is 0.0142. The number of ether oxygens (including phenoxy) is 1. The van der Waals surface area contributed by atoms with Gasteiger partial charge in [0, 0.05) is 12.5 Å². The summed E-state index contributed by atoms with van der Waals surface area (Å²) in [5.74, 6) is -0.506. The Morgan fingerprint density at radius 3 is 2.81 bits per heavy atom. The number of carboxylic acids is 1. The van der Waals surface area contributed by atoms with Gasteiger partial charge in [-0.05, 0) is 34.1 Å². The van der Waals surface area contributed by atoms with E-state index in [0.29, 0.717) is 16.8 Å². The van der Waals surface area contributed by atoms with E-state index >= 15 is 0 Å². The van der Waals surface area contributed by atoms with Gasteiger partial charge in [0.15, 0.2) is 0 Å². The quantitative estimate of drug-likeness (QED) is 0.871. The summed E-state index contributed by atoms with van der Waals surface area (Å²) < 4.78 is 6.11. The minimum atomic E-state index is -0.993. The number of aliphatic hydroxyl groups is 1. The van der Waals surface area contributed by atoms with Gasteiger partial charge in [0.05, 0.1) is 16.6 Å². The van der Waals surface area contributed by atoms with Gasteiger partial charge < -0.3 is 14.9 Å². The van der Waals surface area contributed by atoms with Crippen LogP contribution in [0.2, 0.25) is 0 Å². The fourth-order valence-electron chi connectivity index (χ4n) is 1.03. The zero-order chi connectivity index (χ0) is 12.1. The van der Waals surface area contributed by atoms with E-state index in [1.165, 1.54) is 12.1 Å². The summed E-state index contributed by atoms with van der Waals surface area (Å²) in [5.41, 5.74) is 0.176. The number of hydrogen-bond acceptors (Lipinski definition) is 3. The molecule has 1 unspecified atom stereocenters. The summed E-state index contributed by atoms with van der Waals surface area (Å²) in [5, 5.41) is 17.7. The molecule has 0 spiro atoms. The molecule has 0 fully saturated rings. The number of carbonyl (C=O) groups is 1. The lowest BCUT2D eigenvalue weighted by Crippen LogP contribution is -2.12. The Labute approximate surface area is 102 Å². The van der Waals surface area contributed by atoms with E-state index in [0.717, 1.165) is 0 Å². The number of hydrogen-bond donors (Lipinski definition) is 2. The van der Waals surface area contributed by atoms with Gasteiger partial charge in [0.2, 0.25) is 0 Å². The van der Waals surface area contributed by atoms with Crippen molar-refractivity contribution >= 4 is 21.9 Å². The maximum Gasteiger partial charge on any atom is 0.335 e. The average Bonchev–Trinajstić information content (AvgIpc) is 2.27. The van der Waals surface area contributed by atoms with Crippen molar-refractivity contribution in [1.82, 2.24) is 0 Å². The van der Waals surface area contributed by atoms with E-state index in [2.05, 4.69) is 15.9 Å². The molecule has 5 heteroatoms. The van der Waals surface area contributed by atoms with Crippen molar-refractivity contribution in [2.45, 2.75) is 6.92 Å². The van der Waals surface area contributed by atoms with Crippen LogP contribution in [0.15, 0.2) is 22.7 Å². The molecule has 0 amide bonds. The predicted molar refractivity (Wildman–Crippen MR) is 62.8 cm³/mol. The number of aromatic carboxylic acids is 1. The maximum atomic E-state index is 10.7. The molecule has 1 aromatic rings. The molecule has 0 aliphatic rings. The van der Waals surface area contributed by atoms with Crippen LogP contribution in [-0.4, -0.2) is 29.4 Å². The van der Waals surface area contributed by atoms with E-state index < -0.39 is 5.97 Å². The average molecular weight is 289 g/mol. The van der Waals surface area contributed by atoms with Crippen molar-refractivity contribution in [3.05, 3.63) is 28.2 Å². The lowest BCUT2D eigenvalue weighted by molar-refractivity contribution is 0.0696. The Balaban J connectivity index is 2.78. The summed E-state index contributed by atoms with van der Waals surface area (Å²) in [4.78, 5) is 10.7. The minimum Gasteiger partial charge on any atom is -0.492 e. The molecule has 1 aromatic carbocycles. The third-order valence-corrected chi connectivity index (χ3v) is 2.67. The van der Waals surface area contributed by atoms with Gasteiger partial charge in [-0.3, -0.25) is 0 Å². The molecular weight excluding hydrogens is 276 g/mol. The number of rotatable bonds is 5. The zero-order valence-electron chi connectivity index (χ0n) is 8.81. The Bertz CT molecular complexity index is 378. The smallest absolute Gasteiger partial charge is 0.335 e. The first-order chi connectivity index (χ1) is 7.54. The molecular formula is C11H13BrO4. The van der Waals surface area contributed by atoms with Crippen molar-refractivity contribution in [1.29, 1.82) is 0 Å². The van der Waals surface area contributed by atoms with Crippen LogP contribution in [0.5, 0.6) is 5.75 Å². The highest BCUT2D eigenvalue weighted by atomic mass is 79.9. The van der Waals surface area contributed by atoms with E-state index in [9.17, 15) is 4.79 Å². The molecule has 0 saturated carbocycles. The molecule has 16 heavy (non-hydrogen) atoms. The van der Waals surface area contributed by atoms with Crippen LogP contribution in [0.3, 0.4) is 0 Å². The van der Waals surface area contributed by atoms with Crippen LogP contribution in [-0.2, 0) is 0 Å². The van der Waals surface area contributed by atoms with Gasteiger partial charge in [0.25, 0.3) is 0 Å². The Hall–Kier alpha value is -1.07. The SMILES string of the molecule is CC(CO)COc1cc(C(=O)O)ccc1Br. The second kappa shape index (κ2) is 5.86. The van der Waals surface area contributed by atoms with Crippen LogP contribution in [0.1, 0.15) is 17.3 Å². The van der Waals surface area contributed by atoms with Gasteiger partial charge >= 0.3 is 5.97 Å². The Morgan fingerprint density at radius 1 is 1.56 bits per heavy atom. The van der Waals surface area contributed by atoms with E-state index in [-0.39, 0.29) is 18.1 Å². The van der Waals surface area contributed by atoms with Gasteiger partial charge in [0.1, 0.15) is 5.75 Å². The topological polar surface area (TPSA) is 66.8 Å². The summed E-state index contributed by atoms with van der Waals surface area (Å²) in [6.07, 6.45) is 0. The lowest BCUT2D eigenvalue weighted by atomic mass is 10.2. The maximum absolute atomic E-state index is 10.7. The van der Waals surface area contributed by atoms with Crippen molar-refractivity contribution in [3.8, 4) is 5.75 Å². The van der Waals surface area contributed by atoms with Gasteiger partial charge in [-0.25, -0.2) is 4.79 Å². The molecule has 0 aromatic heterocycles. The summed E-state index contributed by atoms with van der Waals surface area (Å²) in [6, 6.07) is 4.58. The molecule has 0 aliphatic carbocycles. The summed E-state index contributed by atoms with van der Waals surface area (Å²) in [6.45, 7) is 2.23. The van der Waals surface area contributed by atoms with Crippen molar-refractivity contribution in [2.75, 3.05) is 13.2 Å². The first kappa shape index (κ1) is 13.0. The lowest BCUT2D eigenvalue weighted by Gasteiger charge is -2.12. The summed E-state index contributed by atoms with van der Waals surface area (Å²) >= 11 is 3.27. The number of benzene rings is 1. The molecule has 0 saturated heterocycles. The first-order valence-corrected chi connectivity index (χ1v) is 5.60. The highest BCUT2D eigenvalue weighted by Crippen LogP contribution is 2.26. The molecule has 2 N–H and O–H groups in total. The predicted octanol–water partition coefficient (Wildman–Crippen LogP) is 2.15. The summed E-state index contributed by atoms with van der Waals surface area (Å²) in [7, 11) is 0. The Morgan fingerprint density at radius 2 is 2.25 bits per heavy atom. The number of aliphatic hydroxyl groups excluding tert-OH is 1. The van der Waals surface area contributed by atoms with Crippen molar-refractivity contribution in [3.63, 3.8) is 0 Å². The fraction of sp³-hybridized carbons (Fsp3) is 0.364. The number of carboxylic acid groups (broad SMARTS) is 1. The fourth-order valence-corrected chi connectivity index (χ4v) is 1.39. The van der Waals surface area contributed by atoms with E-state index in [1.807, 2.05) is 6.92 Å². The van der Waals surface area contributed by atoms with Gasteiger partial charge in [-0.15, -0.1) is 0 Å². The van der Waals surface area contributed by atoms with E-state index in [1.54, 1.807) is 6.07 Å². The van der Waals surface area contributed by atoms with Crippen LogP contribution in [0, 0.1) is 5.92 Å². The van der Waals surface area contributed by atoms with Gasteiger partial charge in [-0.2, -0.15) is 0 Å². The third kappa shape index (κ3) is 3.50.